The van der Waals surface area contributed by atoms with Crippen LogP contribution in [0.25, 0.3) is 0 Å². The molecule has 4 nitrogen and oxygen atoms in total. The second kappa shape index (κ2) is 5.67. The van der Waals surface area contributed by atoms with Gasteiger partial charge in [-0.25, -0.2) is 0 Å². The fraction of sp³-hybridized carbons (Fsp3) is 0.421. The summed E-state index contributed by atoms with van der Waals surface area (Å²) in [6.07, 6.45) is 8.36. The van der Waals surface area contributed by atoms with E-state index < -0.39 is 0 Å². The molecule has 0 saturated heterocycles. The van der Waals surface area contributed by atoms with E-state index in [9.17, 15) is 5.11 Å². The minimum absolute atomic E-state index is 0.139. The lowest BCUT2D eigenvalue weighted by atomic mass is 9.85. The maximum Gasteiger partial charge on any atom is 0.146 e. The van der Waals surface area contributed by atoms with Gasteiger partial charge < -0.3 is 5.11 Å². The number of hydrazine groups is 1. The molecule has 0 saturated carbocycles. The number of benzene rings is 1. The highest BCUT2D eigenvalue weighted by Crippen LogP contribution is 2.41. The van der Waals surface area contributed by atoms with Crippen LogP contribution in [0.15, 0.2) is 40.4 Å². The van der Waals surface area contributed by atoms with Gasteiger partial charge in [-0.05, 0) is 55.4 Å². The number of allylic oxidation sites excluding steroid dienone is 1. The van der Waals surface area contributed by atoms with Crippen LogP contribution in [-0.2, 0) is 5.41 Å². The molecule has 0 spiro atoms. The van der Waals surface area contributed by atoms with E-state index in [1.807, 2.05) is 25.1 Å². The number of aromatic hydroxyl groups is 1. The topological polar surface area (TPSA) is 47.9 Å². The summed E-state index contributed by atoms with van der Waals surface area (Å²) in [5.74, 6) is 0.283. The third kappa shape index (κ3) is 2.87. The van der Waals surface area contributed by atoms with Gasteiger partial charge in [0.05, 0.1) is 11.3 Å². The van der Waals surface area contributed by atoms with Crippen molar-refractivity contribution in [2.24, 2.45) is 5.10 Å². The third-order valence-electron chi connectivity index (χ3n) is 4.42. The summed E-state index contributed by atoms with van der Waals surface area (Å²) < 4.78 is 0. The monoisotopic (exact) mass is 343 g/mol. The molecule has 0 radical (unpaired) electrons. The molecule has 24 heavy (non-hydrogen) atoms. The lowest BCUT2D eigenvalue weighted by molar-refractivity contribution is 0.442. The molecule has 1 aromatic carbocycles. The Kier molecular flexibility index (Phi) is 4.04. The minimum Gasteiger partial charge on any atom is -0.505 e. The van der Waals surface area contributed by atoms with Crippen LogP contribution in [0.4, 0.5) is 5.69 Å². The SMILES string of the molecule is CSC1=CC2(C)NN(c3cc(C)cc(C(C)(C)C)c3O)N=C2C=C1. The zero-order valence-electron chi connectivity index (χ0n) is 15.1. The molecular formula is C19H25N3OS. The molecule has 1 unspecified atom stereocenters. The largest absolute Gasteiger partial charge is 0.505 e. The molecular weight excluding hydrogens is 318 g/mol. The number of hydrogen-bond donors (Lipinski definition) is 2. The molecule has 0 aromatic heterocycles. The second-order valence-electron chi connectivity index (χ2n) is 7.63. The van der Waals surface area contributed by atoms with Gasteiger partial charge in [0.25, 0.3) is 0 Å². The Balaban J connectivity index is 2.04. The van der Waals surface area contributed by atoms with Crippen molar-refractivity contribution in [3.63, 3.8) is 0 Å². The number of anilines is 1. The highest BCUT2D eigenvalue weighted by atomic mass is 32.2. The van der Waals surface area contributed by atoms with Gasteiger partial charge in [0.2, 0.25) is 0 Å². The molecule has 2 aliphatic rings. The first-order chi connectivity index (χ1) is 11.1. The standard InChI is InChI=1S/C19H25N3OS/c1-12-9-14(18(2,3)4)17(23)15(10-12)22-20-16-8-7-13(24-6)11-19(16,5)21-22/h7-11,21,23H,1-6H3. The Morgan fingerprint density at radius 1 is 1.25 bits per heavy atom. The van der Waals surface area contributed by atoms with Crippen molar-refractivity contribution in [3.05, 3.63) is 46.4 Å². The van der Waals surface area contributed by atoms with Gasteiger partial charge in [0, 0.05) is 10.5 Å². The number of hydrazone groups is 1. The van der Waals surface area contributed by atoms with Gasteiger partial charge in [0.15, 0.2) is 0 Å². The van der Waals surface area contributed by atoms with Crippen LogP contribution >= 0.6 is 11.8 Å². The lowest BCUT2D eigenvalue weighted by Gasteiger charge is -2.28. The van der Waals surface area contributed by atoms with Crippen LogP contribution in [0.2, 0.25) is 0 Å². The maximum absolute atomic E-state index is 10.8. The van der Waals surface area contributed by atoms with Crippen molar-refractivity contribution in [1.29, 1.82) is 0 Å². The molecule has 2 N–H and O–H groups in total. The number of phenols is 1. The number of aryl methyl sites for hydroxylation is 1. The van der Waals surface area contributed by atoms with Crippen molar-refractivity contribution in [2.75, 3.05) is 11.4 Å². The average Bonchev–Trinajstić information content (AvgIpc) is 2.84. The normalized spacial score (nSPS) is 23.2. The Morgan fingerprint density at radius 2 is 1.96 bits per heavy atom. The number of hydrogen-bond acceptors (Lipinski definition) is 5. The van der Waals surface area contributed by atoms with Crippen LogP contribution in [0.1, 0.15) is 38.8 Å². The van der Waals surface area contributed by atoms with E-state index in [-0.39, 0.29) is 16.7 Å². The summed E-state index contributed by atoms with van der Waals surface area (Å²) >= 11 is 1.71. The first-order valence-electron chi connectivity index (χ1n) is 8.10. The smallest absolute Gasteiger partial charge is 0.146 e. The third-order valence-corrected chi connectivity index (χ3v) is 5.15. The number of phenolic OH excluding ortho intramolecular Hbond substituents is 1. The number of rotatable bonds is 2. The molecule has 1 aromatic rings. The van der Waals surface area contributed by atoms with E-state index >= 15 is 0 Å². The van der Waals surface area contributed by atoms with Gasteiger partial charge >= 0.3 is 0 Å². The van der Waals surface area contributed by atoms with E-state index in [2.05, 4.69) is 56.6 Å². The van der Waals surface area contributed by atoms with Crippen LogP contribution in [0.3, 0.4) is 0 Å². The minimum atomic E-state index is -0.356. The molecule has 0 fully saturated rings. The summed E-state index contributed by atoms with van der Waals surface area (Å²) in [6, 6.07) is 4.01. The lowest BCUT2D eigenvalue weighted by Crippen LogP contribution is -2.48. The zero-order chi connectivity index (χ0) is 17.7. The predicted octanol–water partition coefficient (Wildman–Crippen LogP) is 4.25. The molecule has 1 atom stereocenters. The highest BCUT2D eigenvalue weighted by molar-refractivity contribution is 8.02. The van der Waals surface area contributed by atoms with Gasteiger partial charge in [-0.2, -0.15) is 15.6 Å². The predicted molar refractivity (Wildman–Crippen MR) is 104 cm³/mol. The van der Waals surface area contributed by atoms with Crippen LogP contribution in [-0.4, -0.2) is 22.6 Å². The molecule has 3 rings (SSSR count). The van der Waals surface area contributed by atoms with Crippen molar-refractivity contribution >= 4 is 23.2 Å². The second-order valence-corrected chi connectivity index (χ2v) is 8.51. The number of nitrogens with one attached hydrogen (secondary N) is 1. The number of fused-ring (bicyclic) bond motifs is 1. The molecule has 0 bridgehead atoms. The number of thioether (sulfide) groups is 1. The Bertz CT molecular complexity index is 774. The van der Waals surface area contributed by atoms with E-state index in [0.717, 1.165) is 16.8 Å². The first kappa shape index (κ1) is 17.1. The zero-order valence-corrected chi connectivity index (χ0v) is 16.0. The van der Waals surface area contributed by atoms with Crippen LogP contribution in [0.5, 0.6) is 5.75 Å². The molecule has 1 aliphatic heterocycles. The van der Waals surface area contributed by atoms with Gasteiger partial charge in [-0.3, -0.25) is 0 Å². The fourth-order valence-corrected chi connectivity index (χ4v) is 3.61. The number of nitrogens with zero attached hydrogens (tertiary/aromatic N) is 2. The summed E-state index contributed by atoms with van der Waals surface area (Å²) in [5, 5.41) is 17.2. The van der Waals surface area contributed by atoms with Gasteiger partial charge in [-0.15, -0.1) is 11.8 Å². The molecule has 128 valence electrons. The summed E-state index contributed by atoms with van der Waals surface area (Å²) in [7, 11) is 0. The molecule has 5 heteroatoms. The Labute approximate surface area is 148 Å². The van der Waals surface area contributed by atoms with Crippen LogP contribution < -0.4 is 10.5 Å². The Hall–Kier alpha value is -1.72. The van der Waals surface area contributed by atoms with E-state index in [0.29, 0.717) is 5.69 Å². The van der Waals surface area contributed by atoms with E-state index in [4.69, 9.17) is 0 Å². The van der Waals surface area contributed by atoms with Crippen molar-refractivity contribution in [3.8, 4) is 5.75 Å². The average molecular weight is 343 g/mol. The van der Waals surface area contributed by atoms with Crippen LogP contribution in [0, 0.1) is 6.92 Å². The van der Waals surface area contributed by atoms with Crippen molar-refractivity contribution in [2.45, 2.75) is 45.6 Å². The van der Waals surface area contributed by atoms with E-state index in [1.54, 1.807) is 16.9 Å². The molecule has 1 heterocycles. The van der Waals surface area contributed by atoms with Crippen molar-refractivity contribution < 1.29 is 5.11 Å². The summed E-state index contributed by atoms with van der Waals surface area (Å²) in [4.78, 5) is 1.20. The first-order valence-corrected chi connectivity index (χ1v) is 9.32. The van der Waals surface area contributed by atoms with E-state index in [1.165, 1.54) is 4.91 Å². The molecule has 1 aliphatic carbocycles. The quantitative estimate of drug-likeness (QED) is 0.842. The Morgan fingerprint density at radius 3 is 2.58 bits per heavy atom. The molecule has 0 amide bonds. The highest BCUT2D eigenvalue weighted by Gasteiger charge is 2.38. The van der Waals surface area contributed by atoms with Crippen molar-refractivity contribution in [1.82, 2.24) is 5.43 Å². The van der Waals surface area contributed by atoms with Gasteiger partial charge in [-0.1, -0.05) is 26.8 Å². The fourth-order valence-electron chi connectivity index (χ4n) is 3.05. The summed E-state index contributed by atoms with van der Waals surface area (Å²) in [5.41, 5.74) is 6.59. The maximum atomic E-state index is 10.8. The van der Waals surface area contributed by atoms with Gasteiger partial charge in [0.1, 0.15) is 11.4 Å². The summed E-state index contributed by atoms with van der Waals surface area (Å²) in [6.45, 7) is 10.5.